The second-order valence-corrected chi connectivity index (χ2v) is 7.91. The van der Waals surface area contributed by atoms with Gasteiger partial charge in [0.15, 0.2) is 5.76 Å². The molecule has 0 atom stereocenters. The van der Waals surface area contributed by atoms with Gasteiger partial charge in [0.25, 0.3) is 0 Å². The van der Waals surface area contributed by atoms with Crippen LogP contribution < -0.4 is 10.2 Å². The summed E-state index contributed by atoms with van der Waals surface area (Å²) in [6.07, 6.45) is 2.51. The SMILES string of the molecule is N#Cc1ccc(-c2cc3c(o2)-c2nncn2-c2ccc(N4CCNCC4)cc2C3)cc1. The van der Waals surface area contributed by atoms with Gasteiger partial charge in [0.05, 0.1) is 17.3 Å². The highest BCUT2D eigenvalue weighted by Crippen LogP contribution is 2.38. The summed E-state index contributed by atoms with van der Waals surface area (Å²) >= 11 is 0. The van der Waals surface area contributed by atoms with E-state index in [0.717, 1.165) is 60.9 Å². The maximum Gasteiger partial charge on any atom is 0.204 e. The normalized spacial score (nSPS) is 14.9. The molecule has 2 aliphatic rings. The fraction of sp³-hybridized carbons (Fsp3) is 0.208. The Hall–Kier alpha value is -3.89. The lowest BCUT2D eigenvalue weighted by atomic mass is 10.0. The predicted octanol–water partition coefficient (Wildman–Crippen LogP) is 3.38. The van der Waals surface area contributed by atoms with Crippen LogP contribution in [0.5, 0.6) is 0 Å². The molecule has 4 heterocycles. The van der Waals surface area contributed by atoms with Crippen molar-refractivity contribution < 1.29 is 4.42 Å². The fourth-order valence-electron chi connectivity index (χ4n) is 4.44. The first kappa shape index (κ1) is 17.9. The topological polar surface area (TPSA) is 82.9 Å². The van der Waals surface area contributed by atoms with E-state index < -0.39 is 0 Å². The molecule has 7 nitrogen and oxygen atoms in total. The number of nitriles is 1. The Labute approximate surface area is 179 Å². The number of hydrogen-bond donors (Lipinski definition) is 1. The summed E-state index contributed by atoms with van der Waals surface area (Å²) in [4.78, 5) is 2.42. The molecule has 6 rings (SSSR count). The summed E-state index contributed by atoms with van der Waals surface area (Å²) in [7, 11) is 0. The number of nitrogens with one attached hydrogen (secondary N) is 1. The molecule has 0 saturated carbocycles. The van der Waals surface area contributed by atoms with Gasteiger partial charge in [0, 0.05) is 49.4 Å². The van der Waals surface area contributed by atoms with Crippen molar-refractivity contribution >= 4 is 5.69 Å². The van der Waals surface area contributed by atoms with Gasteiger partial charge in [-0.15, -0.1) is 10.2 Å². The highest BCUT2D eigenvalue weighted by molar-refractivity contribution is 5.70. The van der Waals surface area contributed by atoms with Gasteiger partial charge in [-0.3, -0.25) is 4.57 Å². The van der Waals surface area contributed by atoms with Crippen LogP contribution in [0, 0.1) is 11.3 Å². The average Bonchev–Trinajstić information content (AvgIpc) is 3.45. The third-order valence-corrected chi connectivity index (χ3v) is 6.04. The van der Waals surface area contributed by atoms with E-state index in [1.165, 1.54) is 11.3 Å². The number of hydrogen-bond acceptors (Lipinski definition) is 6. The smallest absolute Gasteiger partial charge is 0.204 e. The lowest BCUT2D eigenvalue weighted by Crippen LogP contribution is -2.43. The lowest BCUT2D eigenvalue weighted by Gasteiger charge is -2.30. The zero-order chi connectivity index (χ0) is 20.8. The minimum absolute atomic E-state index is 0.631. The molecule has 1 N–H and O–H groups in total. The number of fused-ring (bicyclic) bond motifs is 5. The van der Waals surface area contributed by atoms with Crippen molar-refractivity contribution in [2.75, 3.05) is 31.1 Å². The molecule has 2 aromatic heterocycles. The molecule has 1 fully saturated rings. The maximum absolute atomic E-state index is 9.06. The average molecular weight is 408 g/mol. The Balaban J connectivity index is 1.44. The van der Waals surface area contributed by atoms with Crippen molar-refractivity contribution in [3.63, 3.8) is 0 Å². The molecule has 2 aliphatic heterocycles. The highest BCUT2D eigenvalue weighted by Gasteiger charge is 2.26. The van der Waals surface area contributed by atoms with Gasteiger partial charge in [0.1, 0.15) is 12.1 Å². The van der Waals surface area contributed by atoms with Crippen LogP contribution in [0.25, 0.3) is 28.6 Å². The number of furan rings is 1. The molecular weight excluding hydrogens is 388 g/mol. The van der Waals surface area contributed by atoms with Crippen LogP contribution in [-0.2, 0) is 6.42 Å². The molecule has 4 aromatic rings. The first-order valence-corrected chi connectivity index (χ1v) is 10.4. The number of rotatable bonds is 2. The molecule has 2 aromatic carbocycles. The quantitative estimate of drug-likeness (QED) is 0.482. The molecule has 152 valence electrons. The summed E-state index contributed by atoms with van der Waals surface area (Å²) < 4.78 is 8.29. The van der Waals surface area contributed by atoms with E-state index in [9.17, 15) is 0 Å². The van der Waals surface area contributed by atoms with Crippen LogP contribution in [-0.4, -0.2) is 40.9 Å². The van der Waals surface area contributed by atoms with Crippen molar-refractivity contribution in [3.8, 4) is 34.7 Å². The summed E-state index contributed by atoms with van der Waals surface area (Å²) in [6.45, 7) is 4.03. The van der Waals surface area contributed by atoms with Gasteiger partial charge in [-0.2, -0.15) is 5.26 Å². The number of aromatic nitrogens is 3. The van der Waals surface area contributed by atoms with E-state index in [2.05, 4.69) is 50.7 Å². The summed E-state index contributed by atoms with van der Waals surface area (Å²) in [5.74, 6) is 2.23. The largest absolute Gasteiger partial charge is 0.452 e. The van der Waals surface area contributed by atoms with Crippen LogP contribution in [0.2, 0.25) is 0 Å². The molecule has 0 spiro atoms. The van der Waals surface area contributed by atoms with Gasteiger partial charge < -0.3 is 14.6 Å². The van der Waals surface area contributed by atoms with E-state index in [-0.39, 0.29) is 0 Å². The Morgan fingerprint density at radius 1 is 1.00 bits per heavy atom. The van der Waals surface area contributed by atoms with Gasteiger partial charge in [-0.1, -0.05) is 0 Å². The van der Waals surface area contributed by atoms with Gasteiger partial charge in [-0.25, -0.2) is 0 Å². The Morgan fingerprint density at radius 3 is 2.65 bits per heavy atom. The monoisotopic (exact) mass is 408 g/mol. The van der Waals surface area contributed by atoms with Gasteiger partial charge in [-0.05, 0) is 54.1 Å². The number of benzene rings is 2. The van der Waals surface area contributed by atoms with E-state index in [0.29, 0.717) is 11.4 Å². The first-order valence-electron chi connectivity index (χ1n) is 10.4. The van der Waals surface area contributed by atoms with Crippen LogP contribution in [0.1, 0.15) is 16.7 Å². The summed E-state index contributed by atoms with van der Waals surface area (Å²) in [5, 5.41) is 21.0. The van der Waals surface area contributed by atoms with Crippen LogP contribution >= 0.6 is 0 Å². The predicted molar refractivity (Wildman–Crippen MR) is 117 cm³/mol. The minimum atomic E-state index is 0.631. The van der Waals surface area contributed by atoms with Crippen molar-refractivity contribution in [1.29, 1.82) is 5.26 Å². The number of anilines is 1. The molecule has 31 heavy (non-hydrogen) atoms. The minimum Gasteiger partial charge on any atom is -0.452 e. The number of nitrogens with zero attached hydrogens (tertiary/aromatic N) is 5. The molecule has 0 unspecified atom stereocenters. The number of piperazine rings is 1. The lowest BCUT2D eigenvalue weighted by molar-refractivity contribution is 0.588. The highest BCUT2D eigenvalue weighted by atomic mass is 16.3. The fourth-order valence-corrected chi connectivity index (χ4v) is 4.44. The zero-order valence-corrected chi connectivity index (χ0v) is 16.9. The van der Waals surface area contributed by atoms with E-state index in [4.69, 9.17) is 9.68 Å². The molecule has 7 heteroatoms. The summed E-state index contributed by atoms with van der Waals surface area (Å²) in [6, 6.07) is 18.3. The van der Waals surface area contributed by atoms with E-state index in [1.807, 2.05) is 16.7 Å². The molecule has 0 amide bonds. The second kappa shape index (κ2) is 7.11. The maximum atomic E-state index is 9.06. The van der Waals surface area contributed by atoms with Crippen molar-refractivity contribution in [2.45, 2.75) is 6.42 Å². The molecule has 1 saturated heterocycles. The van der Waals surface area contributed by atoms with Crippen LogP contribution in [0.15, 0.2) is 59.3 Å². The van der Waals surface area contributed by atoms with Crippen LogP contribution in [0.3, 0.4) is 0 Å². The zero-order valence-electron chi connectivity index (χ0n) is 16.9. The Bertz CT molecular complexity index is 1300. The van der Waals surface area contributed by atoms with Crippen molar-refractivity contribution in [1.82, 2.24) is 20.1 Å². The Kier molecular flexibility index (Phi) is 4.11. The first-order chi connectivity index (χ1) is 15.3. The third-order valence-electron chi connectivity index (χ3n) is 6.04. The molecule has 0 radical (unpaired) electrons. The Morgan fingerprint density at radius 2 is 1.84 bits per heavy atom. The van der Waals surface area contributed by atoms with E-state index >= 15 is 0 Å². The molecule has 0 bridgehead atoms. The van der Waals surface area contributed by atoms with Gasteiger partial charge >= 0.3 is 0 Å². The van der Waals surface area contributed by atoms with Crippen LogP contribution in [0.4, 0.5) is 5.69 Å². The standard InChI is InChI=1S/C24H20N6O/c25-14-16-1-3-17(4-2-16)22-13-19-11-18-12-20(29-9-7-26-8-10-29)5-6-21(18)30-15-27-28-24(30)23(19)31-22/h1-6,12-13,15,26H,7-11H2. The summed E-state index contributed by atoms with van der Waals surface area (Å²) in [5.41, 5.74) is 6.21. The second-order valence-electron chi connectivity index (χ2n) is 7.91. The molecule has 0 aliphatic carbocycles. The van der Waals surface area contributed by atoms with Crippen molar-refractivity contribution in [2.24, 2.45) is 0 Å². The van der Waals surface area contributed by atoms with Crippen molar-refractivity contribution in [3.05, 3.63) is 71.5 Å². The van der Waals surface area contributed by atoms with E-state index in [1.54, 1.807) is 18.5 Å². The molecular formula is C24H20N6O. The van der Waals surface area contributed by atoms with Gasteiger partial charge in [0.2, 0.25) is 5.82 Å². The third kappa shape index (κ3) is 3.00.